The first-order valence-corrected chi connectivity index (χ1v) is 18.2. The lowest BCUT2D eigenvalue weighted by atomic mass is 9.41. The predicted molar refractivity (Wildman–Crippen MR) is 168 cm³/mol. The number of epoxide rings is 2. The summed E-state index contributed by atoms with van der Waals surface area (Å²) in [4.78, 5) is 67.3. The first-order valence-electron chi connectivity index (χ1n) is 18.2. The molecule has 0 aromatic heterocycles. The summed E-state index contributed by atoms with van der Waals surface area (Å²) >= 11 is 0. The Hall–Kier alpha value is -2.61. The van der Waals surface area contributed by atoms with Gasteiger partial charge in [0.05, 0.1) is 11.5 Å². The van der Waals surface area contributed by atoms with E-state index >= 15 is 0 Å². The van der Waals surface area contributed by atoms with Gasteiger partial charge in [0.25, 0.3) is 0 Å². The van der Waals surface area contributed by atoms with Gasteiger partial charge in [0.2, 0.25) is 5.79 Å². The minimum atomic E-state index is -2.06. The molecule has 1 spiro atoms. The maximum absolute atomic E-state index is 14.5. The number of hydrogen-bond acceptors (Lipinski definition) is 13. The number of hydrogen-bond donors (Lipinski definition) is 2. The number of carbonyl (C=O) groups excluding carboxylic acids is 5. The Labute approximate surface area is 291 Å². The van der Waals surface area contributed by atoms with Crippen molar-refractivity contribution in [3.63, 3.8) is 0 Å². The third-order valence-electron chi connectivity index (χ3n) is 15.3. The van der Waals surface area contributed by atoms with Gasteiger partial charge in [-0.3, -0.25) is 19.2 Å². The van der Waals surface area contributed by atoms with Crippen molar-refractivity contribution in [3.8, 4) is 0 Å². The Balaban J connectivity index is 1.33. The molecular formula is C37H50O13. The van der Waals surface area contributed by atoms with Crippen LogP contribution in [-0.2, 0) is 52.4 Å². The van der Waals surface area contributed by atoms with E-state index in [1.54, 1.807) is 6.92 Å². The van der Waals surface area contributed by atoms with E-state index in [2.05, 4.69) is 0 Å². The van der Waals surface area contributed by atoms with E-state index in [4.69, 9.17) is 28.4 Å². The lowest BCUT2D eigenvalue weighted by Gasteiger charge is -2.63. The Kier molecular flexibility index (Phi) is 7.09. The Morgan fingerprint density at radius 2 is 1.60 bits per heavy atom. The summed E-state index contributed by atoms with van der Waals surface area (Å²) in [5.41, 5.74) is -5.56. The Bertz CT molecular complexity index is 1570. The van der Waals surface area contributed by atoms with Gasteiger partial charge in [0.1, 0.15) is 36.6 Å². The van der Waals surface area contributed by atoms with E-state index in [1.807, 2.05) is 34.6 Å². The van der Waals surface area contributed by atoms with Gasteiger partial charge in [-0.2, -0.15) is 0 Å². The van der Waals surface area contributed by atoms with Crippen LogP contribution in [0.4, 0.5) is 0 Å². The van der Waals surface area contributed by atoms with E-state index in [0.29, 0.717) is 6.42 Å². The average molecular weight is 703 g/mol. The number of aliphatic hydroxyl groups excluding tert-OH is 1. The highest BCUT2D eigenvalue weighted by Crippen LogP contribution is 2.81. The fourth-order valence-electron chi connectivity index (χ4n) is 13.1. The molecule has 0 aromatic rings. The van der Waals surface area contributed by atoms with E-state index in [0.717, 1.165) is 0 Å². The molecule has 3 saturated heterocycles. The van der Waals surface area contributed by atoms with E-state index in [9.17, 15) is 34.2 Å². The molecule has 13 heteroatoms. The van der Waals surface area contributed by atoms with Gasteiger partial charge in [-0.25, -0.2) is 4.79 Å². The second kappa shape index (κ2) is 10.3. The summed E-state index contributed by atoms with van der Waals surface area (Å²) < 4.78 is 37.0. The highest BCUT2D eigenvalue weighted by molar-refractivity contribution is 5.88. The summed E-state index contributed by atoms with van der Waals surface area (Å²) in [7, 11) is 0. The van der Waals surface area contributed by atoms with Crippen molar-refractivity contribution < 1.29 is 62.6 Å². The van der Waals surface area contributed by atoms with Crippen molar-refractivity contribution in [2.75, 3.05) is 0 Å². The third-order valence-corrected chi connectivity index (χ3v) is 15.3. The molecule has 3 aliphatic heterocycles. The molecule has 2 unspecified atom stereocenters. The topological polar surface area (TPSA) is 188 Å². The molecule has 276 valence electrons. The molecule has 8 aliphatic rings. The van der Waals surface area contributed by atoms with Crippen LogP contribution in [0.15, 0.2) is 0 Å². The van der Waals surface area contributed by atoms with E-state index in [1.165, 1.54) is 20.8 Å². The van der Waals surface area contributed by atoms with Crippen LogP contribution in [-0.4, -0.2) is 94.0 Å². The number of ketones is 1. The third kappa shape index (κ3) is 3.90. The molecule has 8 fully saturated rings. The van der Waals surface area contributed by atoms with Crippen LogP contribution < -0.4 is 0 Å². The minimum Gasteiger partial charge on any atom is -0.462 e. The van der Waals surface area contributed by atoms with Gasteiger partial charge >= 0.3 is 23.9 Å². The van der Waals surface area contributed by atoms with Gasteiger partial charge in [0, 0.05) is 54.8 Å². The second-order valence-corrected chi connectivity index (χ2v) is 17.9. The van der Waals surface area contributed by atoms with Crippen LogP contribution in [0.25, 0.3) is 0 Å². The number of carbonyl (C=O) groups is 5. The van der Waals surface area contributed by atoms with Gasteiger partial charge in [0.15, 0.2) is 11.4 Å². The second-order valence-electron chi connectivity index (χ2n) is 17.9. The van der Waals surface area contributed by atoms with Crippen LogP contribution in [0.5, 0.6) is 0 Å². The maximum Gasteiger partial charge on any atom is 0.341 e. The molecule has 3 heterocycles. The average Bonchev–Trinajstić information content (AvgIpc) is 3.90. The number of ether oxygens (including phenoxy) is 6. The summed E-state index contributed by atoms with van der Waals surface area (Å²) in [6.45, 7) is 15.4. The van der Waals surface area contributed by atoms with E-state index in [-0.39, 0.29) is 36.6 Å². The van der Waals surface area contributed by atoms with Gasteiger partial charge in [-0.15, -0.1) is 0 Å². The number of fused-ring (bicyclic) bond motifs is 9. The number of Topliss-reactive ketones (excluding diaryl/α,β-unsaturated/α-hetero) is 1. The Morgan fingerprint density at radius 3 is 2.22 bits per heavy atom. The van der Waals surface area contributed by atoms with Crippen LogP contribution in [0, 0.1) is 63.6 Å². The van der Waals surface area contributed by atoms with Crippen LogP contribution in [0.2, 0.25) is 0 Å². The molecule has 5 aliphatic carbocycles. The molecule has 0 radical (unpaired) electrons. The first kappa shape index (κ1) is 34.5. The van der Waals surface area contributed by atoms with Crippen molar-refractivity contribution in [2.45, 2.75) is 136 Å². The zero-order valence-corrected chi connectivity index (χ0v) is 30.2. The standard InChI is InChI=1S/C37H50O13/c1-13(2)10-21(40)48-31-28-19(47-28)11-18-26(41)27(42)22-17(33(18,31)6)12-20(45-15(4)38)34(7)23-14(3)30-37(49-30)35(8,36(9,44)32(43)50-37)25(23)29(24(22)34)46-16(5)39/h13-14,17-20,22-25,27-31,42,44H,10-12H2,1-9H3/t14-,17?,18+,19-,20-,22?,23-,24+,25-,27+,28-,29+,30+,31-,33+,34+,35-,36+,37-/m0/s1. The molecule has 8 rings (SSSR count). The SMILES string of the molecule is CC(=O)O[C@H]1[C@@H]2[C@H]([C@H](C)[C@H]3O[C@]34OC(=O)[C@@](C)(O)[C@]24C)[C@@]2(C)[C@@H](OC(C)=O)CC3C([C@H]12)[C@@H](O)C(=O)[C@H]1C[C@@H]2O[C@@H]2[C@H](OC(=O)CC(C)C)[C@]31C. The van der Waals surface area contributed by atoms with Crippen LogP contribution in [0.1, 0.15) is 81.6 Å². The zero-order chi connectivity index (χ0) is 36.4. The summed E-state index contributed by atoms with van der Waals surface area (Å²) in [5.74, 6) is -8.68. The summed E-state index contributed by atoms with van der Waals surface area (Å²) in [6.07, 6.45) is -4.69. The molecule has 19 atom stereocenters. The van der Waals surface area contributed by atoms with Gasteiger partial charge < -0.3 is 38.6 Å². The molecule has 0 amide bonds. The zero-order valence-electron chi connectivity index (χ0n) is 30.2. The van der Waals surface area contributed by atoms with Crippen LogP contribution >= 0.6 is 0 Å². The minimum absolute atomic E-state index is 0.0359. The molecular weight excluding hydrogens is 652 g/mol. The van der Waals surface area contributed by atoms with Crippen molar-refractivity contribution in [1.82, 2.24) is 0 Å². The maximum atomic E-state index is 14.5. The molecule has 13 nitrogen and oxygen atoms in total. The van der Waals surface area contributed by atoms with Gasteiger partial charge in [-0.1, -0.05) is 34.6 Å². The lowest BCUT2D eigenvalue weighted by molar-refractivity contribution is -0.236. The highest BCUT2D eigenvalue weighted by atomic mass is 16.8. The summed E-state index contributed by atoms with van der Waals surface area (Å²) in [5, 5.41) is 24.3. The normalized spacial score (nSPS) is 56.3. The predicted octanol–water partition coefficient (Wildman–Crippen LogP) is 2.11. The molecule has 50 heavy (non-hydrogen) atoms. The number of rotatable bonds is 5. The molecule has 0 aromatic carbocycles. The Morgan fingerprint density at radius 1 is 0.940 bits per heavy atom. The summed E-state index contributed by atoms with van der Waals surface area (Å²) in [6, 6.07) is 0. The first-order chi connectivity index (χ1) is 23.2. The number of aliphatic hydroxyl groups is 2. The number of esters is 4. The lowest BCUT2D eigenvalue weighted by Crippen LogP contribution is -2.70. The molecule has 5 saturated carbocycles. The van der Waals surface area contributed by atoms with Crippen LogP contribution in [0.3, 0.4) is 0 Å². The largest absolute Gasteiger partial charge is 0.462 e. The van der Waals surface area contributed by atoms with Gasteiger partial charge in [-0.05, 0) is 50.4 Å². The molecule has 0 bridgehead atoms. The fraction of sp³-hybridized carbons (Fsp3) is 0.865. The highest BCUT2D eigenvalue weighted by Gasteiger charge is 2.93. The van der Waals surface area contributed by atoms with Crippen molar-refractivity contribution in [1.29, 1.82) is 0 Å². The monoisotopic (exact) mass is 702 g/mol. The van der Waals surface area contributed by atoms with Crippen molar-refractivity contribution in [2.24, 2.45) is 63.6 Å². The van der Waals surface area contributed by atoms with E-state index < -0.39 is 124 Å². The fourth-order valence-corrected chi connectivity index (χ4v) is 13.1. The van der Waals surface area contributed by atoms with Crippen molar-refractivity contribution in [3.05, 3.63) is 0 Å². The quantitative estimate of drug-likeness (QED) is 0.241. The smallest absolute Gasteiger partial charge is 0.341 e. The van der Waals surface area contributed by atoms with Crippen molar-refractivity contribution >= 4 is 29.7 Å². The molecule has 2 N–H and O–H groups in total.